The van der Waals surface area contributed by atoms with Gasteiger partial charge in [-0.15, -0.1) is 0 Å². The van der Waals surface area contributed by atoms with Crippen LogP contribution in [0.2, 0.25) is 0 Å². The lowest BCUT2D eigenvalue weighted by molar-refractivity contribution is 0.0698. The number of nitrogens with one attached hydrogen (secondary N) is 1. The molecule has 4 aromatic rings. The molecule has 0 aliphatic carbocycles. The molecule has 1 atom stereocenters. The van der Waals surface area contributed by atoms with E-state index >= 15 is 0 Å². The highest BCUT2D eigenvalue weighted by Crippen LogP contribution is 2.32. The molecule has 0 aliphatic rings. The summed E-state index contributed by atoms with van der Waals surface area (Å²) >= 11 is 0. The number of carboxylic acid groups (broad SMARTS) is 1. The second-order valence-corrected chi connectivity index (χ2v) is 7.36. The van der Waals surface area contributed by atoms with Gasteiger partial charge >= 0.3 is 5.97 Å². The van der Waals surface area contributed by atoms with Crippen LogP contribution >= 0.6 is 0 Å². The molecule has 2 N–H and O–H groups in total. The summed E-state index contributed by atoms with van der Waals surface area (Å²) < 4.78 is 3.31. The van der Waals surface area contributed by atoms with Crippen molar-refractivity contribution in [2.75, 3.05) is 5.32 Å². The Labute approximate surface area is 167 Å². The number of aromatic carboxylic acids is 1. The Morgan fingerprint density at radius 2 is 1.90 bits per heavy atom. The topological polar surface area (TPSA) is 89.2 Å². The average Bonchev–Trinajstić information content (AvgIpc) is 3.07. The van der Waals surface area contributed by atoms with Crippen molar-refractivity contribution < 1.29 is 9.90 Å². The lowest BCUT2D eigenvalue weighted by Gasteiger charge is -2.20. The van der Waals surface area contributed by atoms with E-state index in [1.807, 2.05) is 33.0 Å². The summed E-state index contributed by atoms with van der Waals surface area (Å²) in [5.41, 5.74) is 3.29. The van der Waals surface area contributed by atoms with E-state index in [2.05, 4.69) is 10.4 Å². The fraction of sp³-hybridized carbons (Fsp3) is 0.227. The van der Waals surface area contributed by atoms with Crippen molar-refractivity contribution in [3.05, 3.63) is 69.6 Å². The van der Waals surface area contributed by atoms with Crippen LogP contribution in [0.25, 0.3) is 21.8 Å². The van der Waals surface area contributed by atoms with Gasteiger partial charge in [-0.25, -0.2) is 4.79 Å². The molecule has 2 aromatic heterocycles. The second kappa shape index (κ2) is 6.77. The summed E-state index contributed by atoms with van der Waals surface area (Å²) in [6.07, 6.45) is 1.77. The molecule has 7 nitrogen and oxygen atoms in total. The molecule has 0 saturated carbocycles. The minimum Gasteiger partial charge on any atom is -0.478 e. The summed E-state index contributed by atoms with van der Waals surface area (Å²) in [5, 5.41) is 19.5. The van der Waals surface area contributed by atoms with Crippen LogP contribution in [-0.2, 0) is 14.1 Å². The number of rotatable bonds is 4. The number of benzene rings is 2. The molecule has 0 bridgehead atoms. The van der Waals surface area contributed by atoms with Gasteiger partial charge < -0.3 is 10.4 Å². The van der Waals surface area contributed by atoms with Gasteiger partial charge in [0.25, 0.3) is 5.56 Å². The Morgan fingerprint density at radius 3 is 2.62 bits per heavy atom. The maximum atomic E-state index is 13.0. The number of hydrogen-bond donors (Lipinski definition) is 2. The Morgan fingerprint density at radius 1 is 1.17 bits per heavy atom. The molecule has 0 fully saturated rings. The highest BCUT2D eigenvalue weighted by atomic mass is 16.4. The van der Waals surface area contributed by atoms with Crippen molar-refractivity contribution in [1.29, 1.82) is 0 Å². The van der Waals surface area contributed by atoms with Crippen LogP contribution in [0, 0.1) is 6.92 Å². The van der Waals surface area contributed by atoms with Crippen LogP contribution in [-0.4, -0.2) is 25.4 Å². The molecule has 0 aliphatic heterocycles. The molecule has 2 aromatic carbocycles. The van der Waals surface area contributed by atoms with Crippen LogP contribution in [0.5, 0.6) is 0 Å². The number of aryl methyl sites for hydroxylation is 3. The SMILES string of the molecule is Cc1cc(C(C)Nc2ccccc2C(=O)O)c2c(c1)c(=O)n(C)c1c2cnn1C. The Bertz CT molecular complexity index is 1330. The number of pyridine rings is 1. The maximum absolute atomic E-state index is 13.0. The summed E-state index contributed by atoms with van der Waals surface area (Å²) in [6, 6.07) is 10.5. The third-order valence-corrected chi connectivity index (χ3v) is 5.34. The third-order valence-electron chi connectivity index (χ3n) is 5.34. The largest absolute Gasteiger partial charge is 0.478 e. The molecule has 0 saturated heterocycles. The van der Waals surface area contributed by atoms with Crippen molar-refractivity contribution in [3.63, 3.8) is 0 Å². The van der Waals surface area contributed by atoms with Gasteiger partial charge in [0.1, 0.15) is 5.65 Å². The molecule has 2 heterocycles. The fourth-order valence-electron chi connectivity index (χ4n) is 4.01. The van der Waals surface area contributed by atoms with Crippen LogP contribution in [0.15, 0.2) is 47.4 Å². The first-order chi connectivity index (χ1) is 13.8. The van der Waals surface area contributed by atoms with E-state index in [1.54, 1.807) is 46.8 Å². The van der Waals surface area contributed by atoms with Gasteiger partial charge in [-0.3, -0.25) is 14.0 Å². The van der Waals surface area contributed by atoms with Gasteiger partial charge in [0.15, 0.2) is 0 Å². The average molecular weight is 390 g/mol. The zero-order valence-electron chi connectivity index (χ0n) is 16.7. The molecular formula is C22H22N4O3. The Balaban J connectivity index is 1.97. The van der Waals surface area contributed by atoms with Crippen molar-refractivity contribution in [3.8, 4) is 0 Å². The van der Waals surface area contributed by atoms with Gasteiger partial charge in [0.2, 0.25) is 0 Å². The highest BCUT2D eigenvalue weighted by molar-refractivity contribution is 6.07. The number of nitrogens with zero attached hydrogens (tertiary/aromatic N) is 3. The predicted molar refractivity (Wildman–Crippen MR) is 114 cm³/mol. The van der Waals surface area contributed by atoms with Crippen LogP contribution in [0.3, 0.4) is 0 Å². The molecule has 29 heavy (non-hydrogen) atoms. The quantitative estimate of drug-likeness (QED) is 0.556. The third kappa shape index (κ3) is 2.95. The molecule has 0 radical (unpaired) electrons. The molecular weight excluding hydrogens is 368 g/mol. The lowest BCUT2D eigenvalue weighted by Crippen LogP contribution is -2.20. The van der Waals surface area contributed by atoms with Gasteiger partial charge in [0, 0.05) is 42.0 Å². The Kier molecular flexibility index (Phi) is 4.38. The van der Waals surface area contributed by atoms with Gasteiger partial charge in [-0.1, -0.05) is 18.2 Å². The fourth-order valence-corrected chi connectivity index (χ4v) is 4.01. The number of carboxylic acids is 1. The number of hydrogen-bond acceptors (Lipinski definition) is 4. The maximum Gasteiger partial charge on any atom is 0.337 e. The molecule has 4 rings (SSSR count). The normalized spacial score (nSPS) is 12.4. The summed E-state index contributed by atoms with van der Waals surface area (Å²) in [5.74, 6) is -0.988. The van der Waals surface area contributed by atoms with E-state index in [9.17, 15) is 14.7 Å². The first kappa shape index (κ1) is 18.7. The van der Waals surface area contributed by atoms with E-state index in [-0.39, 0.29) is 17.2 Å². The molecule has 148 valence electrons. The van der Waals surface area contributed by atoms with E-state index in [4.69, 9.17) is 0 Å². The standard InChI is InChI=1S/C22H22N4O3/c1-12-9-15(13(2)24-18-8-6-5-7-14(18)22(28)29)19-16(10-12)21(27)25(3)20-17(19)11-23-26(20)4/h5-11,13,24H,1-4H3,(H,28,29). The minimum absolute atomic E-state index is 0.0841. The number of para-hydroxylation sites is 1. The zero-order chi connectivity index (χ0) is 20.9. The summed E-state index contributed by atoms with van der Waals surface area (Å²) in [6.45, 7) is 3.92. The predicted octanol–water partition coefficient (Wildman–Crippen LogP) is 3.60. The number of carbonyl (C=O) groups is 1. The molecule has 1 unspecified atom stereocenters. The highest BCUT2D eigenvalue weighted by Gasteiger charge is 2.20. The zero-order valence-corrected chi connectivity index (χ0v) is 16.7. The van der Waals surface area contributed by atoms with E-state index in [0.717, 1.165) is 27.5 Å². The van der Waals surface area contributed by atoms with Crippen molar-refractivity contribution >= 4 is 33.5 Å². The molecule has 0 spiro atoms. The van der Waals surface area contributed by atoms with Gasteiger partial charge in [-0.05, 0) is 43.2 Å². The van der Waals surface area contributed by atoms with Crippen molar-refractivity contribution in [2.24, 2.45) is 14.1 Å². The van der Waals surface area contributed by atoms with Crippen LogP contribution in [0.1, 0.15) is 34.5 Å². The first-order valence-electron chi connectivity index (χ1n) is 9.33. The van der Waals surface area contributed by atoms with Crippen molar-refractivity contribution in [1.82, 2.24) is 14.3 Å². The molecule has 7 heteroatoms. The minimum atomic E-state index is -0.988. The van der Waals surface area contributed by atoms with E-state index < -0.39 is 5.97 Å². The van der Waals surface area contributed by atoms with Crippen molar-refractivity contribution in [2.45, 2.75) is 19.9 Å². The summed E-state index contributed by atoms with van der Waals surface area (Å²) in [7, 11) is 3.56. The van der Waals surface area contributed by atoms with E-state index in [1.165, 1.54) is 0 Å². The van der Waals surface area contributed by atoms with E-state index in [0.29, 0.717) is 11.1 Å². The number of aromatic nitrogens is 3. The van der Waals surface area contributed by atoms with Gasteiger partial charge in [-0.2, -0.15) is 5.10 Å². The monoisotopic (exact) mass is 390 g/mol. The first-order valence-corrected chi connectivity index (χ1v) is 9.33. The summed E-state index contributed by atoms with van der Waals surface area (Å²) in [4.78, 5) is 24.6. The molecule has 0 amide bonds. The number of fused-ring (bicyclic) bond motifs is 3. The number of anilines is 1. The second-order valence-electron chi connectivity index (χ2n) is 7.36. The van der Waals surface area contributed by atoms with Gasteiger partial charge in [0.05, 0.1) is 11.8 Å². The van der Waals surface area contributed by atoms with Crippen LogP contribution in [0.4, 0.5) is 5.69 Å². The Hall–Kier alpha value is -3.61. The smallest absolute Gasteiger partial charge is 0.337 e. The lowest BCUT2D eigenvalue weighted by atomic mass is 9.95. The van der Waals surface area contributed by atoms with Crippen LogP contribution < -0.4 is 10.9 Å².